The number of benzene rings is 3. The lowest BCUT2D eigenvalue weighted by Crippen LogP contribution is -2.42. The molecule has 1 amide bonds. The highest BCUT2D eigenvalue weighted by Gasteiger charge is 2.29. The van der Waals surface area contributed by atoms with Crippen LogP contribution in [0.4, 0.5) is 4.79 Å². The number of hydrogen-bond donors (Lipinski definition) is 3. The Kier molecular flexibility index (Phi) is 5.73. The molecule has 0 fully saturated rings. The van der Waals surface area contributed by atoms with Crippen molar-refractivity contribution in [3.63, 3.8) is 0 Å². The molecule has 0 unspecified atom stereocenters. The number of nitrogens with one attached hydrogen (secondary N) is 2. The van der Waals surface area contributed by atoms with Gasteiger partial charge in [-0.25, -0.2) is 9.59 Å². The number of aromatic nitrogens is 4. The molecule has 170 valence electrons. The summed E-state index contributed by atoms with van der Waals surface area (Å²) in [6, 6.07) is 22.0. The van der Waals surface area contributed by atoms with Crippen LogP contribution in [0.1, 0.15) is 22.6 Å². The lowest BCUT2D eigenvalue weighted by Gasteiger charge is -2.17. The SMILES string of the molecule is O=C(N[C@@H](Cc1ccc(-c2nn[nH]n2)cc1)C(=O)O)OCC1c2ccccc2-c2ccccc21. The Balaban J connectivity index is 1.23. The number of amides is 1. The number of hydrogen-bond acceptors (Lipinski definition) is 6. The fourth-order valence-electron chi connectivity index (χ4n) is 4.29. The zero-order chi connectivity index (χ0) is 23.5. The molecule has 5 rings (SSSR count). The summed E-state index contributed by atoms with van der Waals surface area (Å²) in [7, 11) is 0. The molecule has 34 heavy (non-hydrogen) atoms. The number of fused-ring (bicyclic) bond motifs is 3. The Morgan fingerprint density at radius 1 is 0.971 bits per heavy atom. The Hall–Kier alpha value is -4.53. The third-order valence-electron chi connectivity index (χ3n) is 5.93. The van der Waals surface area contributed by atoms with E-state index in [0.29, 0.717) is 5.82 Å². The number of nitrogens with zero attached hydrogens (tertiary/aromatic N) is 3. The number of carboxylic acids is 1. The van der Waals surface area contributed by atoms with Crippen LogP contribution in [0.2, 0.25) is 0 Å². The largest absolute Gasteiger partial charge is 0.480 e. The molecule has 0 saturated heterocycles. The molecule has 0 saturated carbocycles. The zero-order valence-corrected chi connectivity index (χ0v) is 18.0. The van der Waals surface area contributed by atoms with Crippen LogP contribution < -0.4 is 5.32 Å². The van der Waals surface area contributed by atoms with E-state index in [1.807, 2.05) is 36.4 Å². The van der Waals surface area contributed by atoms with Gasteiger partial charge in [0.1, 0.15) is 12.6 Å². The Bertz CT molecular complexity index is 1280. The molecule has 0 radical (unpaired) electrons. The number of carboxylic acid groups (broad SMARTS) is 1. The van der Waals surface area contributed by atoms with Crippen LogP contribution in [0.25, 0.3) is 22.5 Å². The molecular weight excluding hydrogens is 434 g/mol. The number of aliphatic carboxylic acids is 1. The summed E-state index contributed by atoms with van der Waals surface area (Å²) < 4.78 is 5.49. The van der Waals surface area contributed by atoms with Crippen molar-refractivity contribution in [2.24, 2.45) is 0 Å². The first-order valence-electron chi connectivity index (χ1n) is 10.8. The van der Waals surface area contributed by atoms with Gasteiger partial charge in [0.15, 0.2) is 0 Å². The normalized spacial score (nSPS) is 13.1. The molecule has 1 atom stereocenters. The maximum atomic E-state index is 12.5. The van der Waals surface area contributed by atoms with Crippen molar-refractivity contribution < 1.29 is 19.4 Å². The van der Waals surface area contributed by atoms with E-state index in [1.54, 1.807) is 24.3 Å². The smallest absolute Gasteiger partial charge is 0.407 e. The molecular formula is C25H21N5O4. The number of tetrazole rings is 1. The fraction of sp³-hybridized carbons (Fsp3) is 0.160. The van der Waals surface area contributed by atoms with Gasteiger partial charge < -0.3 is 15.2 Å². The first-order valence-corrected chi connectivity index (χ1v) is 10.8. The van der Waals surface area contributed by atoms with Gasteiger partial charge in [0.2, 0.25) is 5.82 Å². The van der Waals surface area contributed by atoms with E-state index >= 15 is 0 Å². The minimum Gasteiger partial charge on any atom is -0.480 e. The lowest BCUT2D eigenvalue weighted by molar-refractivity contribution is -0.139. The van der Waals surface area contributed by atoms with Crippen molar-refractivity contribution in [1.29, 1.82) is 0 Å². The molecule has 9 heteroatoms. The molecule has 4 aromatic rings. The van der Waals surface area contributed by atoms with Gasteiger partial charge in [-0.1, -0.05) is 72.8 Å². The summed E-state index contributed by atoms with van der Waals surface area (Å²) >= 11 is 0. The highest BCUT2D eigenvalue weighted by atomic mass is 16.5. The van der Waals surface area contributed by atoms with Crippen LogP contribution in [0.15, 0.2) is 72.8 Å². The number of H-pyrrole nitrogens is 1. The number of carbonyl (C=O) groups excluding carboxylic acids is 1. The predicted molar refractivity (Wildman–Crippen MR) is 123 cm³/mol. The predicted octanol–water partition coefficient (Wildman–Crippen LogP) is 3.40. The first kappa shape index (κ1) is 21.3. The van der Waals surface area contributed by atoms with E-state index < -0.39 is 18.1 Å². The Morgan fingerprint density at radius 2 is 1.62 bits per heavy atom. The number of alkyl carbamates (subject to hydrolysis) is 1. The van der Waals surface area contributed by atoms with Crippen molar-refractivity contribution in [2.75, 3.05) is 6.61 Å². The van der Waals surface area contributed by atoms with E-state index in [9.17, 15) is 14.7 Å². The molecule has 1 heterocycles. The van der Waals surface area contributed by atoms with Crippen molar-refractivity contribution in [3.8, 4) is 22.5 Å². The quantitative estimate of drug-likeness (QED) is 0.389. The summed E-state index contributed by atoms with van der Waals surface area (Å²) in [5.41, 5.74) is 5.91. The van der Waals surface area contributed by atoms with Crippen molar-refractivity contribution >= 4 is 12.1 Å². The molecule has 3 N–H and O–H groups in total. The minimum absolute atomic E-state index is 0.0980. The highest BCUT2D eigenvalue weighted by Crippen LogP contribution is 2.44. The molecule has 3 aromatic carbocycles. The van der Waals surface area contributed by atoms with Gasteiger partial charge in [-0.15, -0.1) is 10.2 Å². The van der Waals surface area contributed by atoms with Crippen LogP contribution in [-0.2, 0) is 16.0 Å². The molecule has 0 aliphatic heterocycles. The topological polar surface area (TPSA) is 130 Å². The van der Waals surface area contributed by atoms with Crippen LogP contribution in [-0.4, -0.2) is 50.4 Å². The maximum absolute atomic E-state index is 12.5. The molecule has 0 spiro atoms. The van der Waals surface area contributed by atoms with Gasteiger partial charge in [-0.2, -0.15) is 5.21 Å². The first-order chi connectivity index (χ1) is 16.6. The Labute approximate surface area is 194 Å². The third kappa shape index (κ3) is 4.23. The average Bonchev–Trinajstić information content (AvgIpc) is 3.50. The van der Waals surface area contributed by atoms with Gasteiger partial charge in [0, 0.05) is 17.9 Å². The fourth-order valence-corrected chi connectivity index (χ4v) is 4.29. The number of aromatic amines is 1. The second kappa shape index (κ2) is 9.14. The average molecular weight is 455 g/mol. The zero-order valence-electron chi connectivity index (χ0n) is 18.0. The van der Waals surface area contributed by atoms with Crippen molar-refractivity contribution in [1.82, 2.24) is 25.9 Å². The summed E-state index contributed by atoms with van der Waals surface area (Å²) in [5.74, 6) is -0.798. The second-order valence-corrected chi connectivity index (χ2v) is 8.00. The van der Waals surface area contributed by atoms with Gasteiger partial charge in [0.05, 0.1) is 0 Å². The van der Waals surface area contributed by atoms with E-state index in [4.69, 9.17) is 4.74 Å². The summed E-state index contributed by atoms with van der Waals surface area (Å²) in [6.07, 6.45) is -0.663. The molecule has 9 nitrogen and oxygen atoms in total. The highest BCUT2D eigenvalue weighted by molar-refractivity contribution is 5.81. The van der Waals surface area contributed by atoms with Crippen LogP contribution in [0.3, 0.4) is 0 Å². The van der Waals surface area contributed by atoms with Crippen molar-refractivity contribution in [2.45, 2.75) is 18.4 Å². The monoisotopic (exact) mass is 455 g/mol. The van der Waals surface area contributed by atoms with E-state index in [0.717, 1.165) is 33.4 Å². The van der Waals surface area contributed by atoms with E-state index in [1.165, 1.54) is 0 Å². The van der Waals surface area contributed by atoms with Gasteiger partial charge in [0.25, 0.3) is 0 Å². The minimum atomic E-state index is -1.14. The van der Waals surface area contributed by atoms with Crippen LogP contribution >= 0.6 is 0 Å². The van der Waals surface area contributed by atoms with Crippen molar-refractivity contribution in [3.05, 3.63) is 89.5 Å². The van der Waals surface area contributed by atoms with E-state index in [-0.39, 0.29) is 18.9 Å². The molecule has 1 aliphatic carbocycles. The van der Waals surface area contributed by atoms with Gasteiger partial charge in [-0.05, 0) is 33.0 Å². The summed E-state index contributed by atoms with van der Waals surface area (Å²) in [5, 5.41) is 25.8. The van der Waals surface area contributed by atoms with Gasteiger partial charge in [-0.3, -0.25) is 0 Å². The number of ether oxygens (including phenoxy) is 1. The van der Waals surface area contributed by atoms with E-state index in [2.05, 4.69) is 38.1 Å². The van der Waals surface area contributed by atoms with Crippen LogP contribution in [0.5, 0.6) is 0 Å². The number of carbonyl (C=O) groups is 2. The van der Waals surface area contributed by atoms with Gasteiger partial charge >= 0.3 is 12.1 Å². The Morgan fingerprint density at radius 3 is 2.21 bits per heavy atom. The second-order valence-electron chi connectivity index (χ2n) is 8.00. The lowest BCUT2D eigenvalue weighted by atomic mass is 9.98. The van der Waals surface area contributed by atoms with Crippen LogP contribution in [0, 0.1) is 0 Å². The summed E-state index contributed by atoms with van der Waals surface area (Å²) in [6.45, 7) is 0.117. The maximum Gasteiger partial charge on any atom is 0.407 e. The third-order valence-corrected chi connectivity index (χ3v) is 5.93. The summed E-state index contributed by atoms with van der Waals surface area (Å²) in [4.78, 5) is 24.3. The molecule has 1 aromatic heterocycles. The number of rotatable bonds is 7. The standard InChI is InChI=1S/C25H21N5O4/c31-24(32)22(13-15-9-11-16(12-10-15)23-27-29-30-28-23)26-25(33)34-14-21-19-7-3-1-5-17(19)18-6-2-4-8-20(18)21/h1-12,21-22H,13-14H2,(H,26,33)(H,31,32)(H,27,28,29,30)/t22-/m0/s1. The molecule has 1 aliphatic rings. The molecule has 0 bridgehead atoms.